The molecule has 1 saturated heterocycles. The molecule has 3 heterocycles. The molecule has 0 radical (unpaired) electrons. The van der Waals surface area contributed by atoms with Crippen LogP contribution < -0.4 is 15.0 Å². The van der Waals surface area contributed by atoms with Crippen LogP contribution >= 0.6 is 11.6 Å². The van der Waals surface area contributed by atoms with Crippen molar-refractivity contribution < 1.29 is 33.0 Å². The maximum atomic E-state index is 13.1. The lowest BCUT2D eigenvalue weighted by Gasteiger charge is -2.38. The number of amides is 3. The van der Waals surface area contributed by atoms with Crippen molar-refractivity contribution in [2.75, 3.05) is 18.0 Å². The summed E-state index contributed by atoms with van der Waals surface area (Å²) in [5.74, 6) is -2.75. The van der Waals surface area contributed by atoms with Gasteiger partial charge in [-0.25, -0.2) is 18.6 Å². The lowest BCUT2D eigenvalue weighted by atomic mass is 9.99. The Kier molecular flexibility index (Phi) is 8.35. The van der Waals surface area contributed by atoms with E-state index in [1.807, 2.05) is 6.07 Å². The number of nitrogens with one attached hydrogen (secondary N) is 1. The molecule has 0 bridgehead atoms. The highest BCUT2D eigenvalue weighted by Crippen LogP contribution is 2.40. The summed E-state index contributed by atoms with van der Waals surface area (Å²) in [6.07, 6.45) is 3.55. The van der Waals surface area contributed by atoms with Gasteiger partial charge in [-0.2, -0.15) is 0 Å². The molecule has 12 heteroatoms. The van der Waals surface area contributed by atoms with Gasteiger partial charge < -0.3 is 20.1 Å². The molecule has 2 N–H and O–H groups in total. The highest BCUT2D eigenvalue weighted by Gasteiger charge is 2.46. The number of likely N-dealkylation sites (tertiary alicyclic amines) is 1. The zero-order valence-electron chi connectivity index (χ0n) is 24.3. The Morgan fingerprint density at radius 1 is 1.14 bits per heavy atom. The smallest absolute Gasteiger partial charge is 0.413 e. The van der Waals surface area contributed by atoms with E-state index in [2.05, 4.69) is 10.3 Å². The van der Waals surface area contributed by atoms with Gasteiger partial charge in [-0.1, -0.05) is 29.8 Å². The maximum absolute atomic E-state index is 13.1. The summed E-state index contributed by atoms with van der Waals surface area (Å²) in [7, 11) is 0. The van der Waals surface area contributed by atoms with E-state index in [-0.39, 0.29) is 12.5 Å². The molecule has 9 nitrogen and oxygen atoms in total. The number of carbonyl (C=O) groups is 3. The van der Waals surface area contributed by atoms with Gasteiger partial charge in [0.15, 0.2) is 0 Å². The second-order valence-electron chi connectivity index (χ2n) is 11.8. The molecular weight excluding hydrogens is 594 g/mol. The minimum absolute atomic E-state index is 0.203. The molecule has 0 saturated carbocycles. The first-order chi connectivity index (χ1) is 20.7. The zero-order valence-corrected chi connectivity index (χ0v) is 25.1. The maximum Gasteiger partial charge on any atom is 0.413 e. The van der Waals surface area contributed by atoms with Crippen molar-refractivity contribution in [3.8, 4) is 16.9 Å². The molecule has 2 aliphatic heterocycles. The van der Waals surface area contributed by atoms with Crippen LogP contribution in [0, 0.1) is 0 Å². The Labute approximate surface area is 258 Å². The first-order valence-electron chi connectivity index (χ1n) is 13.9. The van der Waals surface area contributed by atoms with Gasteiger partial charge in [-0.05, 0) is 73.9 Å². The number of nitrogens with zero attached hydrogens (tertiary/aromatic N) is 3. The monoisotopic (exact) mass is 624 g/mol. The van der Waals surface area contributed by atoms with Crippen LogP contribution in [-0.4, -0.2) is 63.6 Å². The number of pyridine rings is 1. The van der Waals surface area contributed by atoms with Gasteiger partial charge >= 0.3 is 6.09 Å². The average molecular weight is 625 g/mol. The summed E-state index contributed by atoms with van der Waals surface area (Å²) in [4.78, 5) is 43.1. The number of benzene rings is 2. The normalized spacial score (nSPS) is 17.0. The van der Waals surface area contributed by atoms with Gasteiger partial charge in [0.2, 0.25) is 5.91 Å². The van der Waals surface area contributed by atoms with E-state index in [0.717, 1.165) is 21.6 Å². The van der Waals surface area contributed by atoms with Crippen molar-refractivity contribution in [2.45, 2.75) is 51.3 Å². The standard InChI is InChI=1S/C32H31ClF2N4O5/c1-31(2,3)39(30(42)43)26-10-4-19(15-36-26)16-37-27(40)11-9-24-13-23-12-22(14-25(33)28(23)44-24)20-5-7-21(8-6-20)29(41)38-17-32(34,35)18-38/h4-12,14-15,24H,13,16-18H2,1-3H3,(H,37,40)(H,42,43). The van der Waals surface area contributed by atoms with E-state index >= 15 is 0 Å². The Hall–Kier alpha value is -4.51. The highest BCUT2D eigenvalue weighted by molar-refractivity contribution is 6.32. The number of halogens is 3. The number of carbonyl (C=O) groups excluding carboxylic acids is 2. The first-order valence-corrected chi connectivity index (χ1v) is 14.3. The summed E-state index contributed by atoms with van der Waals surface area (Å²) in [6, 6.07) is 13.7. The number of hydrogen-bond acceptors (Lipinski definition) is 5. The SMILES string of the molecule is CC(C)(C)N(C(=O)O)c1ccc(CNC(=O)C=CC2Cc3cc(-c4ccc(C(=O)N5CC(F)(F)C5)cc4)cc(Cl)c3O2)cn1. The van der Waals surface area contributed by atoms with Crippen molar-refractivity contribution in [1.29, 1.82) is 0 Å². The summed E-state index contributed by atoms with van der Waals surface area (Å²) in [6.45, 7) is 4.40. The molecule has 3 aromatic rings. The summed E-state index contributed by atoms with van der Waals surface area (Å²) >= 11 is 6.52. The van der Waals surface area contributed by atoms with Gasteiger partial charge in [0.25, 0.3) is 11.8 Å². The minimum Gasteiger partial charge on any atom is -0.484 e. The van der Waals surface area contributed by atoms with Gasteiger partial charge in [-0.15, -0.1) is 0 Å². The van der Waals surface area contributed by atoms with Crippen molar-refractivity contribution in [3.05, 3.63) is 88.6 Å². The molecule has 1 unspecified atom stereocenters. The second kappa shape index (κ2) is 11.9. The van der Waals surface area contributed by atoms with E-state index in [9.17, 15) is 28.3 Å². The lowest BCUT2D eigenvalue weighted by molar-refractivity contribution is -0.116. The Morgan fingerprint density at radius 3 is 2.43 bits per heavy atom. The lowest BCUT2D eigenvalue weighted by Crippen LogP contribution is -2.58. The highest BCUT2D eigenvalue weighted by atomic mass is 35.5. The molecule has 3 amide bonds. The van der Waals surface area contributed by atoms with Crippen LogP contribution in [0.5, 0.6) is 5.75 Å². The molecule has 0 aliphatic carbocycles. The van der Waals surface area contributed by atoms with Crippen molar-refractivity contribution in [3.63, 3.8) is 0 Å². The molecule has 2 aliphatic rings. The Balaban J connectivity index is 1.16. The van der Waals surface area contributed by atoms with Gasteiger partial charge in [0, 0.05) is 41.9 Å². The van der Waals surface area contributed by atoms with Crippen molar-refractivity contribution >= 4 is 35.3 Å². The number of hydrogen-bond donors (Lipinski definition) is 2. The number of aromatic nitrogens is 1. The largest absolute Gasteiger partial charge is 0.484 e. The fraction of sp³-hybridized carbons (Fsp3) is 0.312. The molecule has 0 spiro atoms. The van der Waals surface area contributed by atoms with E-state index in [1.54, 1.807) is 69.3 Å². The van der Waals surface area contributed by atoms with Crippen LogP contribution in [0.4, 0.5) is 19.4 Å². The average Bonchev–Trinajstić information content (AvgIpc) is 3.37. The van der Waals surface area contributed by atoms with Gasteiger partial charge in [-0.3, -0.25) is 14.5 Å². The fourth-order valence-electron chi connectivity index (χ4n) is 5.09. The second-order valence-corrected chi connectivity index (χ2v) is 12.2. The number of alkyl halides is 2. The third kappa shape index (κ3) is 6.83. The molecular formula is C32H31ClF2N4O5. The first kappa shape index (κ1) is 30.9. The van der Waals surface area contributed by atoms with Crippen LogP contribution in [0.3, 0.4) is 0 Å². The Morgan fingerprint density at radius 2 is 1.84 bits per heavy atom. The third-order valence-corrected chi connectivity index (χ3v) is 7.52. The zero-order chi connectivity index (χ0) is 31.8. The molecule has 44 heavy (non-hydrogen) atoms. The summed E-state index contributed by atoms with van der Waals surface area (Å²) < 4.78 is 32.2. The van der Waals surface area contributed by atoms with Gasteiger partial charge in [0.1, 0.15) is 17.7 Å². The predicted molar refractivity (Wildman–Crippen MR) is 161 cm³/mol. The fourth-order valence-corrected chi connectivity index (χ4v) is 5.37. The number of carboxylic acid groups (broad SMARTS) is 1. The van der Waals surface area contributed by atoms with E-state index < -0.39 is 42.7 Å². The number of rotatable bonds is 7. The van der Waals surface area contributed by atoms with Crippen LogP contribution in [0.2, 0.25) is 5.02 Å². The predicted octanol–water partition coefficient (Wildman–Crippen LogP) is 5.95. The van der Waals surface area contributed by atoms with Crippen LogP contribution in [0.25, 0.3) is 11.1 Å². The molecule has 1 atom stereocenters. The number of fused-ring (bicyclic) bond motifs is 1. The molecule has 2 aromatic carbocycles. The van der Waals surface area contributed by atoms with Crippen molar-refractivity contribution in [1.82, 2.24) is 15.2 Å². The topological polar surface area (TPSA) is 112 Å². The Bertz CT molecular complexity index is 1610. The van der Waals surface area contributed by atoms with E-state index in [1.165, 1.54) is 17.2 Å². The quantitative estimate of drug-likeness (QED) is 0.314. The van der Waals surface area contributed by atoms with Gasteiger partial charge in [0.05, 0.1) is 18.1 Å². The van der Waals surface area contributed by atoms with Crippen LogP contribution in [-0.2, 0) is 17.8 Å². The van der Waals surface area contributed by atoms with E-state index in [4.69, 9.17) is 16.3 Å². The molecule has 1 aromatic heterocycles. The van der Waals surface area contributed by atoms with Crippen LogP contribution in [0.1, 0.15) is 42.3 Å². The number of anilines is 1. The van der Waals surface area contributed by atoms with Crippen LogP contribution in [0.15, 0.2) is 66.9 Å². The molecule has 1 fully saturated rings. The van der Waals surface area contributed by atoms with Crippen molar-refractivity contribution in [2.24, 2.45) is 0 Å². The number of ether oxygens (including phenoxy) is 1. The third-order valence-electron chi connectivity index (χ3n) is 7.24. The van der Waals surface area contributed by atoms with E-state index in [0.29, 0.717) is 34.1 Å². The summed E-state index contributed by atoms with van der Waals surface area (Å²) in [5, 5.41) is 12.7. The molecule has 230 valence electrons. The minimum atomic E-state index is -2.82. The molecule has 5 rings (SSSR count). The summed E-state index contributed by atoms with van der Waals surface area (Å²) in [5.41, 5.74) is 2.85.